The molecule has 0 bridgehead atoms. The van der Waals surface area contributed by atoms with E-state index in [1.54, 1.807) is 36.4 Å². The van der Waals surface area contributed by atoms with E-state index in [1.165, 1.54) is 27.9 Å². The molecule has 1 heterocycles. The van der Waals surface area contributed by atoms with E-state index in [9.17, 15) is 21.6 Å². The van der Waals surface area contributed by atoms with Gasteiger partial charge in [0.25, 0.3) is 0 Å². The molecule has 1 fully saturated rings. The van der Waals surface area contributed by atoms with Gasteiger partial charge < -0.3 is 14.8 Å². The van der Waals surface area contributed by atoms with Crippen LogP contribution in [-0.2, 0) is 24.8 Å². The summed E-state index contributed by atoms with van der Waals surface area (Å²) in [6.07, 6.45) is 4.43. The van der Waals surface area contributed by atoms with Crippen molar-refractivity contribution in [1.82, 2.24) is 9.62 Å². The van der Waals surface area contributed by atoms with E-state index in [0.717, 1.165) is 25.5 Å². The Morgan fingerprint density at radius 2 is 1.70 bits per heavy atom. The van der Waals surface area contributed by atoms with Crippen LogP contribution in [0.5, 0.6) is 11.5 Å². The van der Waals surface area contributed by atoms with Crippen molar-refractivity contribution in [3.8, 4) is 11.5 Å². The Hall–Kier alpha value is -2.83. The summed E-state index contributed by atoms with van der Waals surface area (Å²) in [5.74, 6) is 0.835. The van der Waals surface area contributed by atoms with Crippen LogP contribution in [0, 0.1) is 0 Å². The molecule has 2 aromatic carbocycles. The minimum Gasteiger partial charge on any atom is -0.497 e. The van der Waals surface area contributed by atoms with Gasteiger partial charge in [0.2, 0.25) is 26.0 Å². The Morgan fingerprint density at radius 3 is 2.35 bits per heavy atom. The summed E-state index contributed by atoms with van der Waals surface area (Å²) in [6, 6.07) is 13.0. The highest BCUT2D eigenvalue weighted by atomic mass is 32.2. The summed E-state index contributed by atoms with van der Waals surface area (Å²) in [5.41, 5.74) is 0.477. The van der Waals surface area contributed by atoms with Gasteiger partial charge in [-0.05, 0) is 55.7 Å². The Bertz CT molecular complexity index is 1240. The zero-order valence-electron chi connectivity index (χ0n) is 21.3. The minimum atomic E-state index is -3.53. The topological polar surface area (TPSA) is 122 Å². The van der Waals surface area contributed by atoms with Crippen molar-refractivity contribution in [2.75, 3.05) is 50.5 Å². The standard InChI is InChI=1S/C25H35N3O7S2/c1-34-23-9-6-8-21(20-23)28(36(2,30)31)18-7-10-25(29)26-15-19-35-22-11-13-24(14-12-22)37(32,33)27-16-4-3-5-17-27/h6,8-9,11-14,20H,3-5,7,10,15-19H2,1-2H3,(H,26,29). The molecule has 1 aliphatic rings. The first-order chi connectivity index (χ1) is 17.6. The molecule has 1 saturated heterocycles. The van der Waals surface area contributed by atoms with Gasteiger partial charge in [0.05, 0.1) is 30.5 Å². The molecular weight excluding hydrogens is 518 g/mol. The Kier molecular flexibility index (Phi) is 10.2. The third-order valence-corrected chi connectivity index (χ3v) is 9.08. The molecule has 1 amide bonds. The first-order valence-electron chi connectivity index (χ1n) is 12.2. The van der Waals surface area contributed by atoms with Gasteiger partial charge >= 0.3 is 0 Å². The SMILES string of the molecule is COc1cccc(N(CCCC(=O)NCCOc2ccc(S(=O)(=O)N3CCCCC3)cc2)S(C)(=O)=O)c1. The number of ether oxygens (including phenoxy) is 2. The number of amides is 1. The number of nitrogens with one attached hydrogen (secondary N) is 1. The maximum absolute atomic E-state index is 12.7. The molecule has 0 aromatic heterocycles. The summed E-state index contributed by atoms with van der Waals surface area (Å²) in [4.78, 5) is 12.4. The molecule has 0 spiro atoms. The molecule has 0 saturated carbocycles. The van der Waals surface area contributed by atoms with Gasteiger partial charge in [-0.1, -0.05) is 12.5 Å². The molecule has 0 unspecified atom stereocenters. The summed E-state index contributed by atoms with van der Waals surface area (Å²) >= 11 is 0. The molecule has 1 N–H and O–H groups in total. The molecule has 2 aromatic rings. The van der Waals surface area contributed by atoms with E-state index in [4.69, 9.17) is 9.47 Å². The van der Waals surface area contributed by atoms with Gasteiger partial charge in [0.1, 0.15) is 18.1 Å². The summed E-state index contributed by atoms with van der Waals surface area (Å²) < 4.78 is 63.5. The third-order valence-electron chi connectivity index (χ3n) is 5.98. The molecule has 12 heteroatoms. The van der Waals surface area contributed by atoms with Crippen LogP contribution in [0.1, 0.15) is 32.1 Å². The summed E-state index contributed by atoms with van der Waals surface area (Å²) in [5, 5.41) is 2.75. The van der Waals surface area contributed by atoms with Crippen molar-refractivity contribution in [1.29, 1.82) is 0 Å². The monoisotopic (exact) mass is 553 g/mol. The predicted molar refractivity (Wildman–Crippen MR) is 142 cm³/mol. The maximum atomic E-state index is 12.7. The molecule has 1 aliphatic heterocycles. The van der Waals surface area contributed by atoms with Crippen molar-refractivity contribution in [2.24, 2.45) is 0 Å². The average Bonchev–Trinajstić information content (AvgIpc) is 2.89. The van der Waals surface area contributed by atoms with Gasteiger partial charge in [-0.25, -0.2) is 16.8 Å². The van der Waals surface area contributed by atoms with Crippen LogP contribution >= 0.6 is 0 Å². The Labute approximate surface area is 219 Å². The van der Waals surface area contributed by atoms with Crippen LogP contribution in [0.25, 0.3) is 0 Å². The number of methoxy groups -OCH3 is 1. The quantitative estimate of drug-likeness (QED) is 0.378. The molecule has 0 atom stereocenters. The number of piperidine rings is 1. The van der Waals surface area contributed by atoms with Crippen molar-refractivity contribution in [3.05, 3.63) is 48.5 Å². The van der Waals surface area contributed by atoms with Crippen LogP contribution < -0.4 is 19.1 Å². The average molecular weight is 554 g/mol. The van der Waals surface area contributed by atoms with E-state index >= 15 is 0 Å². The van der Waals surface area contributed by atoms with Crippen molar-refractivity contribution in [3.63, 3.8) is 0 Å². The number of carbonyl (C=O) groups excluding carboxylic acids is 1. The fourth-order valence-corrected chi connectivity index (χ4v) is 6.52. The highest BCUT2D eigenvalue weighted by Crippen LogP contribution is 2.24. The second kappa shape index (κ2) is 13.1. The summed E-state index contributed by atoms with van der Waals surface area (Å²) in [7, 11) is -5.51. The van der Waals surface area contributed by atoms with Crippen LogP contribution in [-0.4, -0.2) is 73.2 Å². The largest absolute Gasteiger partial charge is 0.497 e. The maximum Gasteiger partial charge on any atom is 0.243 e. The highest BCUT2D eigenvalue weighted by Gasteiger charge is 2.25. The molecule has 10 nitrogen and oxygen atoms in total. The first-order valence-corrected chi connectivity index (χ1v) is 15.5. The van der Waals surface area contributed by atoms with E-state index < -0.39 is 20.0 Å². The van der Waals surface area contributed by atoms with Gasteiger partial charge in [0, 0.05) is 32.1 Å². The Balaban J connectivity index is 1.40. The first kappa shape index (κ1) is 28.7. The molecule has 3 rings (SSSR count). The second-order valence-corrected chi connectivity index (χ2v) is 12.6. The molecule has 0 radical (unpaired) electrons. The number of benzene rings is 2. The predicted octanol–water partition coefficient (Wildman–Crippen LogP) is 2.61. The van der Waals surface area contributed by atoms with Crippen LogP contribution in [0.15, 0.2) is 53.4 Å². The van der Waals surface area contributed by atoms with Gasteiger partial charge in [0.15, 0.2) is 0 Å². The summed E-state index contributed by atoms with van der Waals surface area (Å²) in [6.45, 7) is 1.73. The fourth-order valence-electron chi connectivity index (χ4n) is 4.05. The van der Waals surface area contributed by atoms with E-state index in [1.807, 2.05) is 0 Å². The lowest BCUT2D eigenvalue weighted by atomic mass is 10.2. The van der Waals surface area contributed by atoms with E-state index in [-0.39, 0.29) is 36.9 Å². The zero-order chi connectivity index (χ0) is 26.9. The van der Waals surface area contributed by atoms with Crippen molar-refractivity contribution < 1.29 is 31.1 Å². The van der Waals surface area contributed by atoms with Crippen LogP contribution in [0.3, 0.4) is 0 Å². The zero-order valence-corrected chi connectivity index (χ0v) is 22.9. The lowest BCUT2D eigenvalue weighted by Crippen LogP contribution is -2.35. The van der Waals surface area contributed by atoms with Crippen LogP contribution in [0.4, 0.5) is 5.69 Å². The number of nitrogens with zero attached hydrogens (tertiary/aromatic N) is 2. The fraction of sp³-hybridized carbons (Fsp3) is 0.480. The smallest absolute Gasteiger partial charge is 0.243 e. The number of rotatable bonds is 13. The number of hydrogen-bond acceptors (Lipinski definition) is 7. The number of carbonyl (C=O) groups is 1. The lowest BCUT2D eigenvalue weighted by Gasteiger charge is -2.25. The molecule has 0 aliphatic carbocycles. The van der Waals surface area contributed by atoms with Crippen molar-refractivity contribution in [2.45, 2.75) is 37.0 Å². The highest BCUT2D eigenvalue weighted by molar-refractivity contribution is 7.92. The molecular formula is C25H35N3O7S2. The number of anilines is 1. The number of hydrogen-bond donors (Lipinski definition) is 1. The van der Waals surface area contributed by atoms with Gasteiger partial charge in [-0.2, -0.15) is 4.31 Å². The number of sulfonamides is 2. The van der Waals surface area contributed by atoms with E-state index in [2.05, 4.69) is 5.32 Å². The normalized spacial score (nSPS) is 14.6. The molecule has 204 valence electrons. The van der Waals surface area contributed by atoms with Gasteiger partial charge in [-0.3, -0.25) is 9.10 Å². The van der Waals surface area contributed by atoms with Gasteiger partial charge in [-0.15, -0.1) is 0 Å². The third kappa shape index (κ3) is 8.34. The minimum absolute atomic E-state index is 0.152. The second-order valence-electron chi connectivity index (χ2n) is 8.77. The van der Waals surface area contributed by atoms with Crippen molar-refractivity contribution >= 4 is 31.6 Å². The lowest BCUT2D eigenvalue weighted by molar-refractivity contribution is -0.121. The van der Waals surface area contributed by atoms with E-state index in [0.29, 0.717) is 36.7 Å². The molecule has 37 heavy (non-hydrogen) atoms. The van der Waals surface area contributed by atoms with Crippen LogP contribution in [0.2, 0.25) is 0 Å². The Morgan fingerprint density at radius 1 is 1.00 bits per heavy atom.